The van der Waals surface area contributed by atoms with Crippen molar-refractivity contribution < 1.29 is 9.59 Å². The first-order chi connectivity index (χ1) is 15.0. The molecule has 4 heteroatoms. The monoisotopic (exact) mass is 420 g/mol. The molecule has 1 aliphatic rings. The van der Waals surface area contributed by atoms with Crippen LogP contribution in [0.1, 0.15) is 68.2 Å². The molecular formula is C27H36N2O2. The van der Waals surface area contributed by atoms with E-state index in [1.54, 1.807) is 4.90 Å². The topological polar surface area (TPSA) is 49.4 Å². The molecule has 0 unspecified atom stereocenters. The van der Waals surface area contributed by atoms with Gasteiger partial charge in [0.05, 0.1) is 0 Å². The Morgan fingerprint density at radius 3 is 2.32 bits per heavy atom. The highest BCUT2D eigenvalue weighted by molar-refractivity contribution is 5.87. The van der Waals surface area contributed by atoms with E-state index in [9.17, 15) is 9.59 Å². The van der Waals surface area contributed by atoms with Gasteiger partial charge in [-0.25, -0.2) is 0 Å². The molecule has 0 heterocycles. The maximum atomic E-state index is 13.3. The average molecular weight is 421 g/mol. The Kier molecular flexibility index (Phi) is 8.27. The minimum Gasteiger partial charge on any atom is -0.352 e. The summed E-state index contributed by atoms with van der Waals surface area (Å²) in [6, 6.07) is 16.3. The predicted octanol–water partition coefficient (Wildman–Crippen LogP) is 4.97. The second kappa shape index (κ2) is 11.1. The molecule has 0 radical (unpaired) electrons. The molecule has 166 valence electrons. The van der Waals surface area contributed by atoms with E-state index in [2.05, 4.69) is 49.5 Å². The lowest BCUT2D eigenvalue weighted by molar-refractivity contribution is -0.140. The normalized spacial score (nSPS) is 14.9. The molecule has 2 amide bonds. The summed E-state index contributed by atoms with van der Waals surface area (Å²) in [5.74, 6) is -0.0157. The minimum absolute atomic E-state index is 0.0249. The van der Waals surface area contributed by atoms with Crippen molar-refractivity contribution in [3.05, 3.63) is 70.8 Å². The number of hydrogen-bond donors (Lipinski definition) is 1. The molecule has 2 aromatic rings. The van der Waals surface area contributed by atoms with E-state index in [1.165, 1.54) is 18.4 Å². The Morgan fingerprint density at radius 2 is 1.68 bits per heavy atom. The Balaban J connectivity index is 1.70. The smallest absolute Gasteiger partial charge is 0.242 e. The molecular weight excluding hydrogens is 384 g/mol. The van der Waals surface area contributed by atoms with Crippen molar-refractivity contribution in [1.29, 1.82) is 0 Å². The third-order valence-electron chi connectivity index (χ3n) is 6.53. The molecule has 1 atom stereocenters. The van der Waals surface area contributed by atoms with Gasteiger partial charge in [-0.05, 0) is 61.8 Å². The Hall–Kier alpha value is -2.62. The molecule has 1 fully saturated rings. The summed E-state index contributed by atoms with van der Waals surface area (Å²) in [5.41, 5.74) is 4.68. The van der Waals surface area contributed by atoms with Crippen LogP contribution in [0.25, 0.3) is 0 Å². The van der Waals surface area contributed by atoms with Gasteiger partial charge >= 0.3 is 0 Å². The van der Waals surface area contributed by atoms with Crippen molar-refractivity contribution in [2.45, 2.75) is 84.3 Å². The second-order valence-electron chi connectivity index (χ2n) is 8.78. The molecule has 0 saturated heterocycles. The van der Waals surface area contributed by atoms with Crippen molar-refractivity contribution in [1.82, 2.24) is 10.2 Å². The Morgan fingerprint density at radius 1 is 1.03 bits per heavy atom. The van der Waals surface area contributed by atoms with Crippen LogP contribution in [-0.4, -0.2) is 28.8 Å². The fourth-order valence-corrected chi connectivity index (χ4v) is 4.28. The van der Waals surface area contributed by atoms with Crippen LogP contribution in [0.3, 0.4) is 0 Å². The van der Waals surface area contributed by atoms with Crippen LogP contribution in [0.4, 0.5) is 0 Å². The summed E-state index contributed by atoms with van der Waals surface area (Å²) < 4.78 is 0. The van der Waals surface area contributed by atoms with Crippen molar-refractivity contribution in [2.24, 2.45) is 0 Å². The van der Waals surface area contributed by atoms with E-state index in [0.29, 0.717) is 19.4 Å². The van der Waals surface area contributed by atoms with E-state index in [4.69, 9.17) is 0 Å². The lowest BCUT2D eigenvalue weighted by atomic mass is 10.0. The average Bonchev–Trinajstić information content (AvgIpc) is 3.30. The molecule has 1 N–H and O–H groups in total. The van der Waals surface area contributed by atoms with Gasteiger partial charge in [0.15, 0.2) is 0 Å². The summed E-state index contributed by atoms with van der Waals surface area (Å²) in [6.07, 6.45) is 6.51. The van der Waals surface area contributed by atoms with Crippen molar-refractivity contribution >= 4 is 11.8 Å². The molecule has 0 aliphatic heterocycles. The Bertz CT molecular complexity index is 869. The fraction of sp³-hybridized carbons (Fsp3) is 0.481. The quantitative estimate of drug-likeness (QED) is 0.623. The third-order valence-corrected chi connectivity index (χ3v) is 6.53. The first kappa shape index (κ1) is 23.1. The van der Waals surface area contributed by atoms with Gasteiger partial charge < -0.3 is 10.2 Å². The molecule has 4 nitrogen and oxygen atoms in total. The fourth-order valence-electron chi connectivity index (χ4n) is 4.28. The zero-order valence-corrected chi connectivity index (χ0v) is 19.2. The molecule has 2 aromatic carbocycles. The van der Waals surface area contributed by atoms with Crippen LogP contribution in [0, 0.1) is 6.92 Å². The zero-order valence-electron chi connectivity index (χ0n) is 19.2. The summed E-state index contributed by atoms with van der Waals surface area (Å²) in [4.78, 5) is 28.0. The van der Waals surface area contributed by atoms with Crippen molar-refractivity contribution in [2.75, 3.05) is 0 Å². The third kappa shape index (κ3) is 6.43. The van der Waals surface area contributed by atoms with Crippen molar-refractivity contribution in [3.8, 4) is 0 Å². The first-order valence-electron chi connectivity index (χ1n) is 11.7. The second-order valence-corrected chi connectivity index (χ2v) is 8.78. The van der Waals surface area contributed by atoms with Gasteiger partial charge in [0.1, 0.15) is 6.04 Å². The highest BCUT2D eigenvalue weighted by Crippen LogP contribution is 2.19. The van der Waals surface area contributed by atoms with Gasteiger partial charge in [0.2, 0.25) is 11.8 Å². The first-order valence-corrected chi connectivity index (χ1v) is 11.7. The standard InChI is InChI=1S/C27H36N2O2/c1-4-22-13-15-23(16-14-22)17-18-26(30)29(19-24-10-6-5-9-20(24)2)21(3)27(31)28-25-11-7-8-12-25/h5-6,9-10,13-16,21,25H,4,7-8,11-12,17-19H2,1-3H3,(H,28,31)/t21-/m1/s1. The number of amides is 2. The number of aryl methyl sites for hydroxylation is 3. The van der Waals surface area contributed by atoms with Gasteiger partial charge in [-0.3, -0.25) is 9.59 Å². The van der Waals surface area contributed by atoms with Crippen LogP contribution in [0.5, 0.6) is 0 Å². The minimum atomic E-state index is -0.491. The maximum Gasteiger partial charge on any atom is 0.242 e. The van der Waals surface area contributed by atoms with E-state index in [1.807, 2.05) is 25.1 Å². The SMILES string of the molecule is CCc1ccc(CCC(=O)N(Cc2ccccc2C)[C@H](C)C(=O)NC2CCCC2)cc1. The summed E-state index contributed by atoms with van der Waals surface area (Å²) in [6.45, 7) is 6.51. The predicted molar refractivity (Wildman–Crippen MR) is 126 cm³/mol. The van der Waals surface area contributed by atoms with Crippen LogP contribution in [0.15, 0.2) is 48.5 Å². The number of carbonyl (C=O) groups is 2. The lowest BCUT2D eigenvalue weighted by Gasteiger charge is -2.30. The van der Waals surface area contributed by atoms with Gasteiger partial charge in [0, 0.05) is 19.0 Å². The van der Waals surface area contributed by atoms with Gasteiger partial charge in [0.25, 0.3) is 0 Å². The molecule has 3 rings (SSSR count). The highest BCUT2D eigenvalue weighted by Gasteiger charge is 2.28. The van der Waals surface area contributed by atoms with Gasteiger partial charge in [-0.2, -0.15) is 0 Å². The molecule has 1 aliphatic carbocycles. The van der Waals surface area contributed by atoms with E-state index in [-0.39, 0.29) is 17.9 Å². The largest absolute Gasteiger partial charge is 0.352 e. The molecule has 1 saturated carbocycles. The number of carbonyl (C=O) groups excluding carboxylic acids is 2. The molecule has 0 aromatic heterocycles. The number of hydrogen-bond acceptors (Lipinski definition) is 2. The summed E-state index contributed by atoms with van der Waals surface area (Å²) in [5, 5.41) is 3.17. The number of nitrogens with one attached hydrogen (secondary N) is 1. The molecule has 0 spiro atoms. The Labute approximate surface area is 187 Å². The van der Waals surface area contributed by atoms with Crippen LogP contribution in [0.2, 0.25) is 0 Å². The van der Waals surface area contributed by atoms with Crippen molar-refractivity contribution in [3.63, 3.8) is 0 Å². The van der Waals surface area contributed by atoms with Crippen LogP contribution < -0.4 is 5.32 Å². The van der Waals surface area contributed by atoms with Gasteiger partial charge in [-0.15, -0.1) is 0 Å². The van der Waals surface area contributed by atoms with E-state index in [0.717, 1.165) is 36.0 Å². The maximum absolute atomic E-state index is 13.3. The summed E-state index contributed by atoms with van der Waals surface area (Å²) >= 11 is 0. The lowest BCUT2D eigenvalue weighted by Crippen LogP contribution is -2.49. The van der Waals surface area contributed by atoms with Crippen LogP contribution >= 0.6 is 0 Å². The van der Waals surface area contributed by atoms with Crippen LogP contribution in [-0.2, 0) is 29.0 Å². The van der Waals surface area contributed by atoms with Gasteiger partial charge in [-0.1, -0.05) is 68.3 Å². The zero-order chi connectivity index (χ0) is 22.2. The molecule has 31 heavy (non-hydrogen) atoms. The van der Waals surface area contributed by atoms with E-state index < -0.39 is 6.04 Å². The summed E-state index contributed by atoms with van der Waals surface area (Å²) in [7, 11) is 0. The number of nitrogens with zero attached hydrogens (tertiary/aromatic N) is 1. The molecule has 0 bridgehead atoms. The van der Waals surface area contributed by atoms with E-state index >= 15 is 0 Å². The number of rotatable bonds is 9. The highest BCUT2D eigenvalue weighted by atomic mass is 16.2. The number of benzene rings is 2.